The summed E-state index contributed by atoms with van der Waals surface area (Å²) in [5.74, 6) is 0.0769. The van der Waals surface area contributed by atoms with Crippen molar-refractivity contribution in [3.63, 3.8) is 0 Å². The summed E-state index contributed by atoms with van der Waals surface area (Å²) < 4.78 is 4.89. The molecule has 0 saturated heterocycles. The molecular weight excluding hydrogens is 230 g/mol. The van der Waals surface area contributed by atoms with Gasteiger partial charge in [0.1, 0.15) is 6.04 Å². The Bertz CT molecular complexity index is 455. The Morgan fingerprint density at radius 1 is 1.56 bits per heavy atom. The van der Waals surface area contributed by atoms with Gasteiger partial charge in [0.2, 0.25) is 5.76 Å². The molecule has 0 bridgehead atoms. The Balaban J connectivity index is 1.98. The van der Waals surface area contributed by atoms with Gasteiger partial charge in [-0.15, -0.1) is 0 Å². The van der Waals surface area contributed by atoms with Crippen LogP contribution in [-0.4, -0.2) is 17.1 Å². The number of nitrogens with zero attached hydrogens (tertiary/aromatic N) is 2. The second kappa shape index (κ2) is 5.67. The van der Waals surface area contributed by atoms with Crippen LogP contribution in [0.15, 0.2) is 10.6 Å². The quantitative estimate of drug-likeness (QED) is 0.887. The second-order valence-electron chi connectivity index (χ2n) is 4.81. The zero-order valence-electron chi connectivity index (χ0n) is 10.5. The summed E-state index contributed by atoms with van der Waals surface area (Å²) in [5.41, 5.74) is 0.659. The summed E-state index contributed by atoms with van der Waals surface area (Å²) in [7, 11) is 0. The van der Waals surface area contributed by atoms with Crippen LogP contribution < -0.4 is 5.32 Å². The monoisotopic (exact) mass is 247 g/mol. The molecule has 1 N–H and O–H groups in total. The van der Waals surface area contributed by atoms with Gasteiger partial charge in [-0.25, -0.2) is 0 Å². The van der Waals surface area contributed by atoms with Gasteiger partial charge in [0.15, 0.2) is 0 Å². The molecule has 1 heterocycles. The molecule has 1 aromatic rings. The summed E-state index contributed by atoms with van der Waals surface area (Å²) in [6, 6.07) is 3.33. The maximum absolute atomic E-state index is 11.9. The highest BCUT2D eigenvalue weighted by Crippen LogP contribution is 2.26. The third-order valence-electron chi connectivity index (χ3n) is 3.40. The molecule has 18 heavy (non-hydrogen) atoms. The largest absolute Gasteiger partial charge is 0.351 e. The summed E-state index contributed by atoms with van der Waals surface area (Å²) in [6.07, 6.45) is 5.52. The van der Waals surface area contributed by atoms with E-state index in [4.69, 9.17) is 9.78 Å². The maximum atomic E-state index is 11.9. The minimum absolute atomic E-state index is 0.170. The van der Waals surface area contributed by atoms with Crippen LogP contribution in [0.5, 0.6) is 0 Å². The van der Waals surface area contributed by atoms with Crippen LogP contribution in [0.4, 0.5) is 0 Å². The first-order chi connectivity index (χ1) is 8.70. The van der Waals surface area contributed by atoms with Crippen molar-refractivity contribution in [2.45, 2.75) is 45.1 Å². The standard InChI is InChI=1S/C13H17N3O2/c1-9-7-12(18-16-9)13(17)15-11(8-14)10-5-3-2-4-6-10/h7,10-11H,2-6H2,1H3,(H,15,17). The number of hydrogen-bond donors (Lipinski definition) is 1. The minimum atomic E-state index is -0.428. The lowest BCUT2D eigenvalue weighted by molar-refractivity contribution is 0.0891. The van der Waals surface area contributed by atoms with Gasteiger partial charge in [-0.1, -0.05) is 24.4 Å². The van der Waals surface area contributed by atoms with E-state index in [0.29, 0.717) is 5.69 Å². The predicted molar refractivity (Wildman–Crippen MR) is 64.7 cm³/mol. The molecule has 2 rings (SSSR count). The van der Waals surface area contributed by atoms with Crippen molar-refractivity contribution in [3.05, 3.63) is 17.5 Å². The van der Waals surface area contributed by atoms with Crippen molar-refractivity contribution in [1.29, 1.82) is 5.26 Å². The van der Waals surface area contributed by atoms with Crippen molar-refractivity contribution in [2.24, 2.45) is 5.92 Å². The van der Waals surface area contributed by atoms with E-state index >= 15 is 0 Å². The topological polar surface area (TPSA) is 78.9 Å². The van der Waals surface area contributed by atoms with Crippen LogP contribution in [0.3, 0.4) is 0 Å². The van der Waals surface area contributed by atoms with E-state index in [0.717, 1.165) is 25.7 Å². The van der Waals surface area contributed by atoms with E-state index in [1.54, 1.807) is 13.0 Å². The van der Waals surface area contributed by atoms with Crippen LogP contribution in [-0.2, 0) is 0 Å². The van der Waals surface area contributed by atoms with Crippen LogP contribution in [0.2, 0.25) is 0 Å². The highest BCUT2D eigenvalue weighted by atomic mass is 16.5. The van der Waals surface area contributed by atoms with Gasteiger partial charge in [0.05, 0.1) is 11.8 Å². The van der Waals surface area contributed by atoms with Crippen molar-refractivity contribution in [2.75, 3.05) is 0 Å². The number of hydrogen-bond acceptors (Lipinski definition) is 4. The number of aromatic nitrogens is 1. The van der Waals surface area contributed by atoms with Crippen LogP contribution >= 0.6 is 0 Å². The molecule has 1 atom stereocenters. The molecule has 0 spiro atoms. The smallest absolute Gasteiger partial charge is 0.290 e. The summed E-state index contributed by atoms with van der Waals surface area (Å²) in [4.78, 5) is 11.9. The third-order valence-corrected chi connectivity index (χ3v) is 3.40. The molecule has 1 amide bonds. The number of amides is 1. The first-order valence-electron chi connectivity index (χ1n) is 6.34. The molecule has 5 heteroatoms. The fraction of sp³-hybridized carbons (Fsp3) is 0.615. The average molecular weight is 247 g/mol. The first-order valence-corrected chi connectivity index (χ1v) is 6.34. The van der Waals surface area contributed by atoms with Gasteiger partial charge in [-0.3, -0.25) is 4.79 Å². The number of carbonyl (C=O) groups is 1. The molecule has 1 aromatic heterocycles. The molecule has 96 valence electrons. The van der Waals surface area contributed by atoms with Crippen molar-refractivity contribution >= 4 is 5.91 Å². The number of nitriles is 1. The first kappa shape index (κ1) is 12.6. The number of aryl methyl sites for hydroxylation is 1. The third kappa shape index (κ3) is 2.89. The molecule has 0 aromatic carbocycles. The highest BCUT2D eigenvalue weighted by molar-refractivity contribution is 5.91. The highest BCUT2D eigenvalue weighted by Gasteiger charge is 2.26. The average Bonchev–Trinajstić information content (AvgIpc) is 2.83. The molecule has 0 radical (unpaired) electrons. The number of nitrogens with one attached hydrogen (secondary N) is 1. The molecular formula is C13H17N3O2. The van der Waals surface area contributed by atoms with Crippen molar-refractivity contribution in [3.8, 4) is 6.07 Å². The molecule has 5 nitrogen and oxygen atoms in total. The van der Waals surface area contributed by atoms with E-state index in [9.17, 15) is 4.79 Å². The molecule has 0 aliphatic heterocycles. The van der Waals surface area contributed by atoms with Gasteiger partial charge < -0.3 is 9.84 Å². The normalized spacial score (nSPS) is 18.0. The maximum Gasteiger partial charge on any atom is 0.290 e. The molecule has 1 aliphatic carbocycles. The Kier molecular flexibility index (Phi) is 3.98. The van der Waals surface area contributed by atoms with Gasteiger partial charge in [0.25, 0.3) is 5.91 Å². The summed E-state index contributed by atoms with van der Waals surface area (Å²) >= 11 is 0. The van der Waals surface area contributed by atoms with Crippen LogP contribution in [0.25, 0.3) is 0 Å². The Morgan fingerprint density at radius 3 is 2.83 bits per heavy atom. The Hall–Kier alpha value is -1.83. The van der Waals surface area contributed by atoms with E-state index < -0.39 is 6.04 Å². The number of carbonyl (C=O) groups excluding carboxylic acids is 1. The lowest BCUT2D eigenvalue weighted by atomic mass is 9.84. The molecule has 1 fully saturated rings. The lowest BCUT2D eigenvalue weighted by Gasteiger charge is -2.25. The van der Waals surface area contributed by atoms with Gasteiger partial charge in [0, 0.05) is 6.07 Å². The van der Waals surface area contributed by atoms with Crippen LogP contribution in [0.1, 0.15) is 48.4 Å². The van der Waals surface area contributed by atoms with E-state index in [2.05, 4.69) is 16.5 Å². The zero-order valence-corrected chi connectivity index (χ0v) is 10.5. The van der Waals surface area contributed by atoms with E-state index in [-0.39, 0.29) is 17.6 Å². The van der Waals surface area contributed by atoms with Gasteiger partial charge >= 0.3 is 0 Å². The van der Waals surface area contributed by atoms with E-state index in [1.807, 2.05) is 0 Å². The molecule has 1 unspecified atom stereocenters. The Labute approximate surface area is 106 Å². The van der Waals surface area contributed by atoms with Gasteiger partial charge in [-0.2, -0.15) is 5.26 Å². The van der Waals surface area contributed by atoms with E-state index in [1.165, 1.54) is 6.42 Å². The minimum Gasteiger partial charge on any atom is -0.351 e. The lowest BCUT2D eigenvalue weighted by Crippen LogP contribution is -2.39. The van der Waals surface area contributed by atoms with Crippen LogP contribution in [0, 0.1) is 24.2 Å². The SMILES string of the molecule is Cc1cc(C(=O)NC(C#N)C2CCCCC2)on1. The summed E-state index contributed by atoms with van der Waals surface area (Å²) in [5, 5.41) is 15.6. The van der Waals surface area contributed by atoms with Gasteiger partial charge in [-0.05, 0) is 25.7 Å². The van der Waals surface area contributed by atoms with Crippen molar-refractivity contribution < 1.29 is 9.32 Å². The second-order valence-corrected chi connectivity index (χ2v) is 4.81. The number of rotatable bonds is 3. The fourth-order valence-electron chi connectivity index (χ4n) is 2.41. The fourth-order valence-corrected chi connectivity index (χ4v) is 2.41. The summed E-state index contributed by atoms with van der Waals surface area (Å²) in [6.45, 7) is 1.75. The molecule has 1 saturated carbocycles. The molecule has 1 aliphatic rings. The Morgan fingerprint density at radius 2 is 2.28 bits per heavy atom. The van der Waals surface area contributed by atoms with Crippen molar-refractivity contribution in [1.82, 2.24) is 10.5 Å². The zero-order chi connectivity index (χ0) is 13.0. The predicted octanol–water partition coefficient (Wildman–Crippen LogP) is 2.19.